The number of aromatic amines is 1. The zero-order valence-corrected chi connectivity index (χ0v) is 8.91. The van der Waals surface area contributed by atoms with Crippen molar-refractivity contribution in [1.29, 1.82) is 0 Å². The molecule has 0 radical (unpaired) electrons. The van der Waals surface area contributed by atoms with Crippen LogP contribution in [0.25, 0.3) is 10.8 Å². The monoisotopic (exact) mass is 227 g/mol. The second-order valence-electron chi connectivity index (χ2n) is 3.13. The minimum Gasteiger partial charge on any atom is -0.326 e. The summed E-state index contributed by atoms with van der Waals surface area (Å²) in [5.74, 6) is 0. The molecule has 14 heavy (non-hydrogen) atoms. The van der Waals surface area contributed by atoms with Crippen LogP contribution in [-0.4, -0.2) is 4.98 Å². The molecule has 0 amide bonds. The molecule has 2 rings (SSSR count). The molecular formula is C10H7Cl2NO. The fourth-order valence-electron chi connectivity index (χ4n) is 1.42. The Morgan fingerprint density at radius 3 is 2.57 bits per heavy atom. The van der Waals surface area contributed by atoms with Gasteiger partial charge in [0.25, 0.3) is 5.56 Å². The smallest absolute Gasteiger partial charge is 0.256 e. The Balaban J connectivity index is 3.02. The van der Waals surface area contributed by atoms with Gasteiger partial charge in [-0.3, -0.25) is 4.79 Å². The van der Waals surface area contributed by atoms with Crippen molar-refractivity contribution >= 4 is 34.0 Å². The van der Waals surface area contributed by atoms with Gasteiger partial charge in [0.15, 0.2) is 0 Å². The number of pyridine rings is 1. The zero-order valence-electron chi connectivity index (χ0n) is 7.40. The van der Waals surface area contributed by atoms with Gasteiger partial charge in [-0.05, 0) is 25.1 Å². The predicted molar refractivity (Wildman–Crippen MR) is 59.3 cm³/mol. The number of H-pyrrole nitrogens is 1. The number of fused-ring (bicyclic) bond motifs is 1. The highest BCUT2D eigenvalue weighted by atomic mass is 35.5. The number of aromatic nitrogens is 1. The Morgan fingerprint density at radius 1 is 1.14 bits per heavy atom. The maximum Gasteiger partial charge on any atom is 0.256 e. The lowest BCUT2D eigenvalue weighted by Crippen LogP contribution is -2.07. The van der Waals surface area contributed by atoms with E-state index in [4.69, 9.17) is 23.2 Å². The lowest BCUT2D eigenvalue weighted by molar-refractivity contribution is 1.17. The third-order valence-electron chi connectivity index (χ3n) is 2.01. The summed E-state index contributed by atoms with van der Waals surface area (Å²) in [5.41, 5.74) is 0.621. The first-order valence-electron chi connectivity index (χ1n) is 4.06. The number of benzene rings is 1. The molecule has 0 saturated heterocycles. The van der Waals surface area contributed by atoms with Gasteiger partial charge in [-0.1, -0.05) is 23.2 Å². The number of rotatable bonds is 0. The van der Waals surface area contributed by atoms with E-state index in [1.54, 1.807) is 12.1 Å². The lowest BCUT2D eigenvalue weighted by atomic mass is 10.1. The molecule has 0 aliphatic heterocycles. The molecule has 4 heteroatoms. The van der Waals surface area contributed by atoms with Gasteiger partial charge in [-0.2, -0.15) is 0 Å². The maximum atomic E-state index is 11.5. The van der Waals surface area contributed by atoms with Crippen LogP contribution in [0, 0.1) is 6.92 Å². The van der Waals surface area contributed by atoms with E-state index >= 15 is 0 Å². The summed E-state index contributed by atoms with van der Waals surface area (Å²) in [5, 5.41) is 2.23. The minimum absolute atomic E-state index is 0.163. The normalized spacial score (nSPS) is 10.8. The molecule has 0 fully saturated rings. The molecule has 0 saturated carbocycles. The van der Waals surface area contributed by atoms with Gasteiger partial charge in [0, 0.05) is 21.5 Å². The summed E-state index contributed by atoms with van der Waals surface area (Å²) in [6, 6.07) is 5.07. The third kappa shape index (κ3) is 1.51. The molecular weight excluding hydrogens is 221 g/mol. The number of aryl methyl sites for hydroxylation is 1. The number of hydrogen-bond donors (Lipinski definition) is 1. The largest absolute Gasteiger partial charge is 0.326 e. The van der Waals surface area contributed by atoms with Crippen molar-refractivity contribution < 1.29 is 0 Å². The quantitative estimate of drug-likeness (QED) is 0.738. The molecule has 1 N–H and O–H groups in total. The average molecular weight is 228 g/mol. The molecule has 1 aromatic carbocycles. The van der Waals surface area contributed by atoms with E-state index in [2.05, 4.69) is 4.98 Å². The van der Waals surface area contributed by atoms with E-state index in [0.29, 0.717) is 15.4 Å². The maximum absolute atomic E-state index is 11.5. The van der Waals surface area contributed by atoms with Gasteiger partial charge in [0.1, 0.15) is 0 Å². The van der Waals surface area contributed by atoms with E-state index in [1.807, 2.05) is 13.0 Å². The van der Waals surface area contributed by atoms with E-state index in [-0.39, 0.29) is 5.56 Å². The first-order chi connectivity index (χ1) is 6.58. The van der Waals surface area contributed by atoms with Crippen LogP contribution in [0.15, 0.2) is 23.0 Å². The second-order valence-corrected chi connectivity index (χ2v) is 3.97. The standard InChI is InChI=1S/C10H7Cl2NO/c1-5-2-7-8(10(14)13-5)3-6(11)4-9(7)12/h2-4H,1H3,(H,13,14). The Bertz CT molecular complexity index is 560. The molecule has 0 atom stereocenters. The first kappa shape index (κ1) is 9.56. The van der Waals surface area contributed by atoms with Crippen LogP contribution < -0.4 is 5.56 Å². The van der Waals surface area contributed by atoms with Gasteiger partial charge < -0.3 is 4.98 Å². The molecule has 0 bridgehead atoms. The summed E-state index contributed by atoms with van der Waals surface area (Å²) >= 11 is 11.8. The van der Waals surface area contributed by atoms with E-state index in [1.165, 1.54) is 0 Å². The first-order valence-corrected chi connectivity index (χ1v) is 4.82. The number of hydrogen-bond acceptors (Lipinski definition) is 1. The molecule has 2 aromatic rings. The summed E-state index contributed by atoms with van der Waals surface area (Å²) in [6.45, 7) is 1.81. The van der Waals surface area contributed by atoms with Crippen molar-refractivity contribution in [3.63, 3.8) is 0 Å². The van der Waals surface area contributed by atoms with Crippen LogP contribution in [0.2, 0.25) is 10.0 Å². The van der Waals surface area contributed by atoms with Crippen LogP contribution >= 0.6 is 23.2 Å². The summed E-state index contributed by atoms with van der Waals surface area (Å²) < 4.78 is 0. The summed E-state index contributed by atoms with van der Waals surface area (Å²) in [7, 11) is 0. The molecule has 2 nitrogen and oxygen atoms in total. The Kier molecular flexibility index (Phi) is 2.25. The Hall–Kier alpha value is -0.990. The number of nitrogens with one attached hydrogen (secondary N) is 1. The van der Waals surface area contributed by atoms with Gasteiger partial charge in [-0.15, -0.1) is 0 Å². The van der Waals surface area contributed by atoms with Crippen LogP contribution in [0.3, 0.4) is 0 Å². The Labute approximate surface area is 90.5 Å². The van der Waals surface area contributed by atoms with E-state index < -0.39 is 0 Å². The Morgan fingerprint density at radius 2 is 1.86 bits per heavy atom. The van der Waals surface area contributed by atoms with E-state index in [9.17, 15) is 4.79 Å². The van der Waals surface area contributed by atoms with Crippen LogP contribution in [-0.2, 0) is 0 Å². The van der Waals surface area contributed by atoms with Crippen LogP contribution in [0.4, 0.5) is 0 Å². The van der Waals surface area contributed by atoms with Gasteiger partial charge in [-0.25, -0.2) is 0 Å². The summed E-state index contributed by atoms with van der Waals surface area (Å²) in [4.78, 5) is 14.2. The van der Waals surface area contributed by atoms with Crippen molar-refractivity contribution in [2.24, 2.45) is 0 Å². The third-order valence-corrected chi connectivity index (χ3v) is 2.54. The fraction of sp³-hybridized carbons (Fsp3) is 0.100. The molecule has 0 spiro atoms. The van der Waals surface area contributed by atoms with Crippen LogP contribution in [0.1, 0.15) is 5.69 Å². The molecule has 0 aliphatic rings. The van der Waals surface area contributed by atoms with Crippen LogP contribution in [0.5, 0.6) is 0 Å². The second kappa shape index (κ2) is 3.30. The van der Waals surface area contributed by atoms with E-state index in [0.717, 1.165) is 11.1 Å². The van der Waals surface area contributed by atoms with Crippen molar-refractivity contribution in [2.75, 3.05) is 0 Å². The highest BCUT2D eigenvalue weighted by Gasteiger charge is 2.05. The topological polar surface area (TPSA) is 32.9 Å². The highest BCUT2D eigenvalue weighted by molar-refractivity contribution is 6.38. The molecule has 0 aliphatic carbocycles. The van der Waals surface area contributed by atoms with Crippen molar-refractivity contribution in [2.45, 2.75) is 6.92 Å². The minimum atomic E-state index is -0.163. The zero-order chi connectivity index (χ0) is 10.3. The number of halogens is 2. The molecule has 1 aromatic heterocycles. The molecule has 1 heterocycles. The highest BCUT2D eigenvalue weighted by Crippen LogP contribution is 2.25. The van der Waals surface area contributed by atoms with Gasteiger partial charge in [0.2, 0.25) is 0 Å². The SMILES string of the molecule is Cc1cc2c(Cl)cc(Cl)cc2c(=O)[nH]1. The van der Waals surface area contributed by atoms with Gasteiger partial charge in [0.05, 0.1) is 5.02 Å². The van der Waals surface area contributed by atoms with Gasteiger partial charge >= 0.3 is 0 Å². The molecule has 0 unspecified atom stereocenters. The average Bonchev–Trinajstić information content (AvgIpc) is 2.07. The van der Waals surface area contributed by atoms with Crippen molar-refractivity contribution in [3.8, 4) is 0 Å². The summed E-state index contributed by atoms with van der Waals surface area (Å²) in [6.07, 6.45) is 0. The lowest BCUT2D eigenvalue weighted by Gasteiger charge is -2.02. The fourth-order valence-corrected chi connectivity index (χ4v) is 1.97. The van der Waals surface area contributed by atoms with Crippen molar-refractivity contribution in [3.05, 3.63) is 44.3 Å². The molecule has 72 valence electrons. The predicted octanol–water partition coefficient (Wildman–Crippen LogP) is 3.14. The van der Waals surface area contributed by atoms with Crippen molar-refractivity contribution in [1.82, 2.24) is 4.98 Å².